The zero-order valence-electron chi connectivity index (χ0n) is 15.9. The molecule has 6 nitrogen and oxygen atoms in total. The van der Waals surface area contributed by atoms with Crippen molar-refractivity contribution in [1.82, 2.24) is 5.32 Å². The predicted octanol–water partition coefficient (Wildman–Crippen LogP) is 3.23. The van der Waals surface area contributed by atoms with Gasteiger partial charge < -0.3 is 14.8 Å². The van der Waals surface area contributed by atoms with Crippen LogP contribution in [0.25, 0.3) is 6.08 Å². The van der Waals surface area contributed by atoms with Crippen LogP contribution in [0.15, 0.2) is 29.8 Å². The van der Waals surface area contributed by atoms with Crippen molar-refractivity contribution in [2.75, 3.05) is 13.2 Å². The van der Waals surface area contributed by atoms with E-state index in [4.69, 9.17) is 9.47 Å². The van der Waals surface area contributed by atoms with Crippen molar-refractivity contribution < 1.29 is 19.1 Å². The van der Waals surface area contributed by atoms with Crippen molar-refractivity contribution in [3.8, 4) is 11.8 Å². The van der Waals surface area contributed by atoms with Gasteiger partial charge in [-0.3, -0.25) is 4.79 Å². The van der Waals surface area contributed by atoms with Crippen LogP contribution in [0.2, 0.25) is 0 Å². The topological polar surface area (TPSA) is 88.4 Å². The van der Waals surface area contributed by atoms with Crippen molar-refractivity contribution in [3.05, 3.63) is 35.4 Å². The Balaban J connectivity index is 1.96. The molecule has 1 aliphatic carbocycles. The van der Waals surface area contributed by atoms with Crippen molar-refractivity contribution in [3.63, 3.8) is 0 Å². The second-order valence-electron chi connectivity index (χ2n) is 6.67. The van der Waals surface area contributed by atoms with Crippen LogP contribution in [-0.2, 0) is 14.3 Å². The first kappa shape index (κ1) is 20.5. The summed E-state index contributed by atoms with van der Waals surface area (Å²) in [5.74, 6) is 0.179. The highest BCUT2D eigenvalue weighted by atomic mass is 16.6. The van der Waals surface area contributed by atoms with Gasteiger partial charge in [-0.05, 0) is 49.5 Å². The minimum atomic E-state index is -0.429. The smallest absolute Gasteiger partial charge is 0.344 e. The number of nitriles is 1. The normalized spacial score (nSPS) is 19.7. The highest BCUT2D eigenvalue weighted by Gasteiger charge is 2.24. The van der Waals surface area contributed by atoms with Crippen molar-refractivity contribution >= 4 is 18.0 Å². The van der Waals surface area contributed by atoms with Crippen molar-refractivity contribution in [1.29, 1.82) is 5.26 Å². The number of hydrogen-bond acceptors (Lipinski definition) is 5. The third-order valence-corrected chi connectivity index (χ3v) is 4.65. The van der Waals surface area contributed by atoms with Gasteiger partial charge in [-0.15, -0.1) is 0 Å². The van der Waals surface area contributed by atoms with Crippen molar-refractivity contribution in [2.24, 2.45) is 5.92 Å². The van der Waals surface area contributed by atoms with Crippen LogP contribution in [-0.4, -0.2) is 31.1 Å². The number of hydrogen-bond donors (Lipinski definition) is 1. The summed E-state index contributed by atoms with van der Waals surface area (Å²) in [5.41, 5.74) is 0.787. The highest BCUT2D eigenvalue weighted by molar-refractivity contribution is 6.01. The number of nitrogens with zero attached hydrogens (tertiary/aromatic N) is 1. The van der Waals surface area contributed by atoms with Crippen LogP contribution < -0.4 is 10.1 Å². The molecule has 0 aromatic heterocycles. The maximum absolute atomic E-state index is 12.4. The van der Waals surface area contributed by atoms with Gasteiger partial charge in [0.05, 0.1) is 6.61 Å². The standard InChI is InChI=1S/C21H26N2O4/c1-3-26-20(24)14-27-18-10-8-16(9-11-18)12-17(13-22)21(25)23-19-7-5-4-6-15(19)2/h8-12,15,19H,3-7,14H2,1-2H3,(H,23,25)/b17-12+/t15-,19+/m0/s1. The Labute approximate surface area is 160 Å². The number of esters is 1. The molecular formula is C21H26N2O4. The first-order chi connectivity index (χ1) is 13.0. The first-order valence-corrected chi connectivity index (χ1v) is 9.34. The summed E-state index contributed by atoms with van der Waals surface area (Å²) in [7, 11) is 0. The maximum atomic E-state index is 12.4. The van der Waals surface area contributed by atoms with E-state index in [1.165, 1.54) is 6.42 Å². The molecule has 0 heterocycles. The molecule has 1 aliphatic rings. The molecule has 1 N–H and O–H groups in total. The van der Waals surface area contributed by atoms with Gasteiger partial charge in [0, 0.05) is 6.04 Å². The molecule has 0 unspecified atom stereocenters. The Hall–Kier alpha value is -2.81. The summed E-state index contributed by atoms with van der Waals surface area (Å²) in [5, 5.41) is 12.3. The Morgan fingerprint density at radius 3 is 2.59 bits per heavy atom. The van der Waals surface area contributed by atoms with Gasteiger partial charge in [0.15, 0.2) is 6.61 Å². The Morgan fingerprint density at radius 1 is 1.26 bits per heavy atom. The fraction of sp³-hybridized carbons (Fsp3) is 0.476. The van der Waals surface area contributed by atoms with Crippen molar-refractivity contribution in [2.45, 2.75) is 45.6 Å². The lowest BCUT2D eigenvalue weighted by molar-refractivity contribution is -0.145. The van der Waals surface area contributed by atoms with E-state index < -0.39 is 5.97 Å². The van der Waals surface area contributed by atoms with Crippen LogP contribution >= 0.6 is 0 Å². The van der Waals surface area contributed by atoms with E-state index in [9.17, 15) is 14.9 Å². The SMILES string of the molecule is CCOC(=O)COc1ccc(/C=C(\C#N)C(=O)N[C@@H]2CCCC[C@@H]2C)cc1. The zero-order valence-corrected chi connectivity index (χ0v) is 15.9. The number of ether oxygens (including phenoxy) is 2. The lowest BCUT2D eigenvalue weighted by Gasteiger charge is -2.29. The molecule has 0 bridgehead atoms. The monoisotopic (exact) mass is 370 g/mol. The largest absolute Gasteiger partial charge is 0.482 e. The molecule has 0 saturated heterocycles. The van der Waals surface area contributed by atoms with Gasteiger partial charge in [-0.25, -0.2) is 4.79 Å². The molecular weight excluding hydrogens is 344 g/mol. The molecule has 144 valence electrons. The van der Waals surface area contributed by atoms with Gasteiger partial charge in [0.1, 0.15) is 17.4 Å². The van der Waals surface area contributed by atoms with E-state index in [0.29, 0.717) is 23.8 Å². The molecule has 1 amide bonds. The lowest BCUT2D eigenvalue weighted by Crippen LogP contribution is -2.41. The van der Waals surface area contributed by atoms with E-state index >= 15 is 0 Å². The maximum Gasteiger partial charge on any atom is 0.344 e. The summed E-state index contributed by atoms with van der Waals surface area (Å²) >= 11 is 0. The molecule has 1 aromatic rings. The molecule has 2 atom stereocenters. The molecule has 6 heteroatoms. The van der Waals surface area contributed by atoms with Gasteiger partial charge in [-0.1, -0.05) is 31.9 Å². The average Bonchev–Trinajstić information content (AvgIpc) is 2.67. The molecule has 1 saturated carbocycles. The van der Waals surface area contributed by atoms with Crippen LogP contribution in [0.1, 0.15) is 45.1 Å². The summed E-state index contributed by atoms with van der Waals surface area (Å²) < 4.78 is 10.1. The third kappa shape index (κ3) is 6.45. The van der Waals surface area contributed by atoms with E-state index in [2.05, 4.69) is 12.2 Å². The Bertz CT molecular complexity index is 719. The minimum absolute atomic E-state index is 0.0768. The fourth-order valence-electron chi connectivity index (χ4n) is 3.10. The molecule has 1 fully saturated rings. The molecule has 0 radical (unpaired) electrons. The third-order valence-electron chi connectivity index (χ3n) is 4.65. The predicted molar refractivity (Wildman–Crippen MR) is 102 cm³/mol. The van der Waals surface area contributed by atoms with Gasteiger partial charge in [0.2, 0.25) is 0 Å². The van der Waals surface area contributed by atoms with E-state index in [0.717, 1.165) is 19.3 Å². The van der Waals surface area contributed by atoms with Gasteiger partial charge in [-0.2, -0.15) is 5.26 Å². The van der Waals surface area contributed by atoms with Crippen LogP contribution in [0, 0.1) is 17.2 Å². The second kappa shape index (κ2) is 10.4. The van der Waals surface area contributed by atoms with E-state index in [-0.39, 0.29) is 24.1 Å². The molecule has 27 heavy (non-hydrogen) atoms. The number of benzene rings is 1. The minimum Gasteiger partial charge on any atom is -0.482 e. The molecule has 2 rings (SSSR count). The number of amides is 1. The van der Waals surface area contributed by atoms with E-state index in [1.54, 1.807) is 37.3 Å². The quantitative estimate of drug-likeness (QED) is 0.452. The molecule has 0 aliphatic heterocycles. The second-order valence-corrected chi connectivity index (χ2v) is 6.67. The Morgan fingerprint density at radius 2 is 1.96 bits per heavy atom. The fourth-order valence-corrected chi connectivity index (χ4v) is 3.10. The number of rotatable bonds is 7. The number of nitrogens with one attached hydrogen (secondary N) is 1. The highest BCUT2D eigenvalue weighted by Crippen LogP contribution is 2.24. The summed E-state index contributed by atoms with van der Waals surface area (Å²) in [4.78, 5) is 23.7. The number of carbonyl (C=O) groups is 2. The summed E-state index contributed by atoms with van der Waals surface area (Å²) in [6, 6.07) is 8.93. The summed E-state index contributed by atoms with van der Waals surface area (Å²) in [6.45, 7) is 4.02. The van der Waals surface area contributed by atoms with Crippen LogP contribution in [0.4, 0.5) is 0 Å². The summed E-state index contributed by atoms with van der Waals surface area (Å²) in [6.07, 6.45) is 5.91. The lowest BCUT2D eigenvalue weighted by atomic mass is 9.86. The molecule has 0 spiro atoms. The van der Waals surface area contributed by atoms with Gasteiger partial charge >= 0.3 is 5.97 Å². The Kier molecular flexibility index (Phi) is 7.87. The first-order valence-electron chi connectivity index (χ1n) is 9.34. The molecule has 1 aromatic carbocycles. The van der Waals surface area contributed by atoms with Gasteiger partial charge in [0.25, 0.3) is 5.91 Å². The van der Waals surface area contributed by atoms with Crippen LogP contribution in [0.3, 0.4) is 0 Å². The van der Waals surface area contributed by atoms with Crippen LogP contribution in [0.5, 0.6) is 5.75 Å². The average molecular weight is 370 g/mol. The number of carbonyl (C=O) groups excluding carboxylic acids is 2. The zero-order chi connectivity index (χ0) is 19.6. The van der Waals surface area contributed by atoms with E-state index in [1.807, 2.05) is 6.07 Å².